The second-order valence-electron chi connectivity index (χ2n) is 2.89. The lowest BCUT2D eigenvalue weighted by Gasteiger charge is -2.03. The van der Waals surface area contributed by atoms with Crippen LogP contribution in [-0.2, 0) is 0 Å². The standard InChI is InChI=1S/C9H11N3S/c1-6(10-2)8-12-7-4-3-5-11-9(7)13-8/h3-6,10H,1-2H3. The van der Waals surface area contributed by atoms with Gasteiger partial charge in [-0.25, -0.2) is 9.97 Å². The lowest BCUT2D eigenvalue weighted by atomic mass is 10.4. The van der Waals surface area contributed by atoms with E-state index in [1.807, 2.05) is 19.2 Å². The zero-order valence-corrected chi connectivity index (χ0v) is 8.43. The lowest BCUT2D eigenvalue weighted by molar-refractivity contribution is 0.649. The summed E-state index contributed by atoms with van der Waals surface area (Å²) in [5.74, 6) is 0. The quantitative estimate of drug-likeness (QED) is 0.792. The highest BCUT2D eigenvalue weighted by atomic mass is 32.1. The first-order chi connectivity index (χ1) is 6.31. The van der Waals surface area contributed by atoms with Crippen molar-refractivity contribution < 1.29 is 0 Å². The van der Waals surface area contributed by atoms with Crippen molar-refractivity contribution in [1.82, 2.24) is 15.3 Å². The van der Waals surface area contributed by atoms with E-state index in [1.165, 1.54) is 0 Å². The molecule has 13 heavy (non-hydrogen) atoms. The molecule has 0 saturated heterocycles. The average molecular weight is 193 g/mol. The van der Waals surface area contributed by atoms with Gasteiger partial charge < -0.3 is 5.32 Å². The van der Waals surface area contributed by atoms with Crippen LogP contribution in [0, 0.1) is 0 Å². The summed E-state index contributed by atoms with van der Waals surface area (Å²) in [6, 6.07) is 4.21. The molecule has 3 nitrogen and oxygen atoms in total. The van der Waals surface area contributed by atoms with E-state index in [2.05, 4.69) is 22.2 Å². The SMILES string of the molecule is CNC(C)c1nc2cccnc2s1. The third-order valence-corrected chi connectivity index (χ3v) is 3.15. The fourth-order valence-corrected chi connectivity index (χ4v) is 2.06. The number of nitrogens with one attached hydrogen (secondary N) is 1. The molecule has 0 bridgehead atoms. The van der Waals surface area contributed by atoms with Crippen molar-refractivity contribution in [3.05, 3.63) is 23.3 Å². The highest BCUT2D eigenvalue weighted by molar-refractivity contribution is 7.18. The van der Waals surface area contributed by atoms with Crippen LogP contribution in [0.3, 0.4) is 0 Å². The first kappa shape index (κ1) is 8.59. The molecule has 1 unspecified atom stereocenters. The van der Waals surface area contributed by atoms with Crippen molar-refractivity contribution in [2.45, 2.75) is 13.0 Å². The van der Waals surface area contributed by atoms with Crippen LogP contribution < -0.4 is 5.32 Å². The molecule has 1 atom stereocenters. The maximum Gasteiger partial charge on any atom is 0.143 e. The van der Waals surface area contributed by atoms with E-state index < -0.39 is 0 Å². The largest absolute Gasteiger partial charge is 0.311 e. The second-order valence-corrected chi connectivity index (χ2v) is 3.90. The first-order valence-corrected chi connectivity index (χ1v) is 5.01. The number of hydrogen-bond donors (Lipinski definition) is 1. The van der Waals surface area contributed by atoms with Gasteiger partial charge in [0.25, 0.3) is 0 Å². The van der Waals surface area contributed by atoms with Crippen LogP contribution in [0.4, 0.5) is 0 Å². The number of thiazole rings is 1. The molecular weight excluding hydrogens is 182 g/mol. The summed E-state index contributed by atoms with van der Waals surface area (Å²) in [4.78, 5) is 9.74. The van der Waals surface area contributed by atoms with Crippen LogP contribution in [0.1, 0.15) is 18.0 Å². The monoisotopic (exact) mass is 193 g/mol. The van der Waals surface area contributed by atoms with E-state index in [0.717, 1.165) is 15.4 Å². The molecular formula is C9H11N3S. The Morgan fingerprint density at radius 3 is 3.08 bits per heavy atom. The Hall–Kier alpha value is -1.00. The zero-order chi connectivity index (χ0) is 9.26. The van der Waals surface area contributed by atoms with Gasteiger partial charge in [-0.3, -0.25) is 0 Å². The van der Waals surface area contributed by atoms with Gasteiger partial charge in [0.15, 0.2) is 0 Å². The van der Waals surface area contributed by atoms with Crippen molar-refractivity contribution in [3.8, 4) is 0 Å². The maximum absolute atomic E-state index is 4.48. The molecule has 0 fully saturated rings. The molecule has 2 aromatic heterocycles. The molecule has 2 rings (SSSR count). The molecule has 0 aliphatic heterocycles. The third kappa shape index (κ3) is 1.55. The third-order valence-electron chi connectivity index (χ3n) is 1.99. The minimum absolute atomic E-state index is 0.305. The average Bonchev–Trinajstić information content (AvgIpc) is 2.59. The van der Waals surface area contributed by atoms with Crippen molar-refractivity contribution in [2.24, 2.45) is 0 Å². The predicted octanol–water partition coefficient (Wildman–Crippen LogP) is 1.97. The van der Waals surface area contributed by atoms with Crippen molar-refractivity contribution >= 4 is 21.7 Å². The topological polar surface area (TPSA) is 37.8 Å². The number of nitrogens with zero attached hydrogens (tertiary/aromatic N) is 2. The van der Waals surface area contributed by atoms with Gasteiger partial charge in [0, 0.05) is 6.20 Å². The molecule has 0 radical (unpaired) electrons. The van der Waals surface area contributed by atoms with Gasteiger partial charge in [0.05, 0.1) is 6.04 Å². The molecule has 2 heterocycles. The molecule has 0 saturated carbocycles. The zero-order valence-electron chi connectivity index (χ0n) is 7.61. The Morgan fingerprint density at radius 1 is 1.54 bits per heavy atom. The molecule has 0 spiro atoms. The highest BCUT2D eigenvalue weighted by Crippen LogP contribution is 2.23. The van der Waals surface area contributed by atoms with E-state index in [-0.39, 0.29) is 0 Å². The summed E-state index contributed by atoms with van der Waals surface area (Å²) in [6.07, 6.45) is 1.80. The van der Waals surface area contributed by atoms with Gasteiger partial charge >= 0.3 is 0 Å². The Bertz CT molecular complexity index is 377. The molecule has 1 N–H and O–H groups in total. The van der Waals surface area contributed by atoms with Crippen LogP contribution in [0.15, 0.2) is 18.3 Å². The molecule has 4 heteroatoms. The van der Waals surface area contributed by atoms with Crippen LogP contribution >= 0.6 is 11.3 Å². The Morgan fingerprint density at radius 2 is 2.38 bits per heavy atom. The molecule has 0 aromatic carbocycles. The smallest absolute Gasteiger partial charge is 0.143 e. The second kappa shape index (κ2) is 3.40. The molecule has 0 amide bonds. The number of rotatable bonds is 2. The predicted molar refractivity (Wildman–Crippen MR) is 54.9 cm³/mol. The van der Waals surface area contributed by atoms with Gasteiger partial charge in [-0.1, -0.05) is 11.3 Å². The van der Waals surface area contributed by atoms with Crippen LogP contribution in [0.2, 0.25) is 0 Å². The van der Waals surface area contributed by atoms with E-state index >= 15 is 0 Å². The lowest BCUT2D eigenvalue weighted by Crippen LogP contribution is -2.11. The van der Waals surface area contributed by atoms with E-state index in [0.29, 0.717) is 6.04 Å². The molecule has 0 aliphatic rings. The number of pyridine rings is 1. The van der Waals surface area contributed by atoms with Crippen LogP contribution in [0.25, 0.3) is 10.3 Å². The fraction of sp³-hybridized carbons (Fsp3) is 0.333. The van der Waals surface area contributed by atoms with Crippen molar-refractivity contribution in [3.63, 3.8) is 0 Å². The molecule has 68 valence electrons. The summed E-state index contributed by atoms with van der Waals surface area (Å²) < 4.78 is 0. The minimum Gasteiger partial charge on any atom is -0.311 e. The van der Waals surface area contributed by atoms with Gasteiger partial charge in [-0.05, 0) is 26.1 Å². The molecule has 2 aromatic rings. The Kier molecular flexibility index (Phi) is 2.24. The van der Waals surface area contributed by atoms with Gasteiger partial charge in [0.2, 0.25) is 0 Å². The summed E-state index contributed by atoms with van der Waals surface area (Å²) >= 11 is 1.65. The normalized spacial score (nSPS) is 13.4. The van der Waals surface area contributed by atoms with Crippen molar-refractivity contribution in [2.75, 3.05) is 7.05 Å². The summed E-state index contributed by atoms with van der Waals surface area (Å²) in [5, 5.41) is 4.26. The van der Waals surface area contributed by atoms with Gasteiger partial charge in [0.1, 0.15) is 15.4 Å². The van der Waals surface area contributed by atoms with E-state index in [1.54, 1.807) is 17.5 Å². The highest BCUT2D eigenvalue weighted by Gasteiger charge is 2.08. The fourth-order valence-electron chi connectivity index (χ4n) is 1.10. The van der Waals surface area contributed by atoms with Crippen LogP contribution in [0.5, 0.6) is 0 Å². The number of aromatic nitrogens is 2. The molecule has 0 aliphatic carbocycles. The van der Waals surface area contributed by atoms with Crippen molar-refractivity contribution in [1.29, 1.82) is 0 Å². The van der Waals surface area contributed by atoms with E-state index in [4.69, 9.17) is 0 Å². The first-order valence-electron chi connectivity index (χ1n) is 4.20. The maximum atomic E-state index is 4.48. The number of hydrogen-bond acceptors (Lipinski definition) is 4. The van der Waals surface area contributed by atoms with Crippen LogP contribution in [-0.4, -0.2) is 17.0 Å². The van der Waals surface area contributed by atoms with Gasteiger partial charge in [-0.15, -0.1) is 0 Å². The Balaban J connectivity index is 2.49. The minimum atomic E-state index is 0.305. The summed E-state index contributed by atoms with van der Waals surface area (Å²) in [7, 11) is 1.93. The van der Waals surface area contributed by atoms with Gasteiger partial charge in [-0.2, -0.15) is 0 Å². The van der Waals surface area contributed by atoms with E-state index in [9.17, 15) is 0 Å². The summed E-state index contributed by atoms with van der Waals surface area (Å²) in [6.45, 7) is 2.09. The summed E-state index contributed by atoms with van der Waals surface area (Å²) in [5.41, 5.74) is 0.990. The number of fused-ring (bicyclic) bond motifs is 1. The Labute approximate surface area is 80.8 Å².